The van der Waals surface area contributed by atoms with E-state index in [-0.39, 0.29) is 5.71 Å². The van der Waals surface area contributed by atoms with E-state index < -0.39 is 5.91 Å². The molecule has 0 atom stereocenters. The lowest BCUT2D eigenvalue weighted by molar-refractivity contribution is -0.115. The second kappa shape index (κ2) is 5.97. The first kappa shape index (κ1) is 11.4. The van der Waals surface area contributed by atoms with Crippen LogP contribution in [0.25, 0.3) is 0 Å². The Bertz CT molecular complexity index is 241. The van der Waals surface area contributed by atoms with Crippen LogP contribution in [0.1, 0.15) is 0 Å². The normalized spacial score (nSPS) is 10.8. The molecule has 0 aromatic heterocycles. The quantitative estimate of drug-likeness (QED) is 0.350. The molecule has 6 heteroatoms. The Balaban J connectivity index is 4.10. The van der Waals surface area contributed by atoms with Crippen molar-refractivity contribution >= 4 is 11.6 Å². The molecule has 0 spiro atoms. The topological polar surface area (TPSA) is 77.7 Å². The molecule has 0 rings (SSSR count). The van der Waals surface area contributed by atoms with Gasteiger partial charge in [0, 0.05) is 0 Å². The van der Waals surface area contributed by atoms with Crippen molar-refractivity contribution in [2.45, 2.75) is 0 Å². The summed E-state index contributed by atoms with van der Waals surface area (Å²) in [5.41, 5.74) is -0.288. The minimum Gasteiger partial charge on any atom is -0.398 e. The van der Waals surface area contributed by atoms with Crippen LogP contribution in [0.15, 0.2) is 5.16 Å². The largest absolute Gasteiger partial charge is 0.398 e. The van der Waals surface area contributed by atoms with E-state index in [0.29, 0.717) is 6.67 Å². The summed E-state index contributed by atoms with van der Waals surface area (Å²) in [7, 11) is 4.86. The van der Waals surface area contributed by atoms with Crippen molar-refractivity contribution in [3.05, 3.63) is 0 Å². The number of rotatable bonds is 4. The Kier molecular flexibility index (Phi) is 5.23. The van der Waals surface area contributed by atoms with Gasteiger partial charge in [0.05, 0.1) is 6.67 Å². The van der Waals surface area contributed by atoms with Crippen LogP contribution in [0.5, 0.6) is 0 Å². The average molecular weight is 184 g/mol. The standard InChI is InChI=1S/C7H12N4O2/c1-11(2)5-9-7(12)6(4-8)10-13-3/h5H2,1-3H3,(H,9,12). The van der Waals surface area contributed by atoms with E-state index in [1.807, 2.05) is 0 Å². The molecule has 13 heavy (non-hydrogen) atoms. The molecule has 0 aromatic carbocycles. The highest BCUT2D eigenvalue weighted by atomic mass is 16.6. The fraction of sp³-hybridized carbons (Fsp3) is 0.571. The van der Waals surface area contributed by atoms with E-state index in [1.54, 1.807) is 25.1 Å². The Morgan fingerprint density at radius 1 is 1.69 bits per heavy atom. The first-order valence-electron chi connectivity index (χ1n) is 3.56. The van der Waals surface area contributed by atoms with Crippen molar-refractivity contribution in [1.82, 2.24) is 10.2 Å². The SMILES string of the molecule is CON=C(C#N)C(=O)NCN(C)C. The fourth-order valence-corrected chi connectivity index (χ4v) is 0.518. The number of oxime groups is 1. The van der Waals surface area contributed by atoms with Gasteiger partial charge in [0.2, 0.25) is 5.71 Å². The van der Waals surface area contributed by atoms with Crippen LogP contribution in [-0.2, 0) is 9.63 Å². The molecule has 6 nitrogen and oxygen atoms in total. The third-order valence-corrected chi connectivity index (χ3v) is 1.06. The maximum atomic E-state index is 11.1. The summed E-state index contributed by atoms with van der Waals surface area (Å²) in [4.78, 5) is 17.2. The van der Waals surface area contributed by atoms with Crippen LogP contribution in [0.4, 0.5) is 0 Å². The van der Waals surface area contributed by atoms with Gasteiger partial charge in [0.1, 0.15) is 13.2 Å². The number of carbonyl (C=O) groups excluding carboxylic acids is 1. The molecule has 1 amide bonds. The van der Waals surface area contributed by atoms with Crippen LogP contribution in [-0.4, -0.2) is 44.4 Å². The molecule has 0 aliphatic rings. The number of hydrogen-bond acceptors (Lipinski definition) is 5. The van der Waals surface area contributed by atoms with Gasteiger partial charge in [0.15, 0.2) is 0 Å². The predicted octanol–water partition coefficient (Wildman–Crippen LogP) is -0.852. The van der Waals surface area contributed by atoms with E-state index in [0.717, 1.165) is 0 Å². The van der Waals surface area contributed by atoms with Gasteiger partial charge in [-0.3, -0.25) is 9.69 Å². The highest BCUT2D eigenvalue weighted by Crippen LogP contribution is 1.79. The molecule has 72 valence electrons. The minimum absolute atomic E-state index is 0.288. The molecule has 0 saturated heterocycles. The Morgan fingerprint density at radius 2 is 2.31 bits per heavy atom. The summed E-state index contributed by atoms with van der Waals surface area (Å²) in [6.07, 6.45) is 0. The van der Waals surface area contributed by atoms with E-state index in [2.05, 4.69) is 15.3 Å². The maximum Gasteiger partial charge on any atom is 0.285 e. The number of amides is 1. The molecule has 0 aliphatic carbocycles. The van der Waals surface area contributed by atoms with Crippen LogP contribution in [0, 0.1) is 11.3 Å². The number of hydrogen-bond donors (Lipinski definition) is 1. The summed E-state index contributed by atoms with van der Waals surface area (Å²) >= 11 is 0. The van der Waals surface area contributed by atoms with E-state index in [4.69, 9.17) is 5.26 Å². The van der Waals surface area contributed by atoms with Crippen molar-refractivity contribution in [3.63, 3.8) is 0 Å². The Labute approximate surface area is 76.8 Å². The highest BCUT2D eigenvalue weighted by molar-refractivity contribution is 6.44. The van der Waals surface area contributed by atoms with Crippen LogP contribution >= 0.6 is 0 Å². The summed E-state index contributed by atoms with van der Waals surface area (Å²) < 4.78 is 0. The number of carbonyl (C=O) groups is 1. The molecule has 0 aliphatic heterocycles. The van der Waals surface area contributed by atoms with Gasteiger partial charge in [-0.15, -0.1) is 0 Å². The number of nitrogens with one attached hydrogen (secondary N) is 1. The lowest BCUT2D eigenvalue weighted by atomic mass is 10.4. The second-order valence-corrected chi connectivity index (χ2v) is 2.48. The van der Waals surface area contributed by atoms with Crippen LogP contribution < -0.4 is 5.32 Å². The Hall–Kier alpha value is -1.61. The molecule has 0 fully saturated rings. The van der Waals surface area contributed by atoms with Crippen LogP contribution in [0.3, 0.4) is 0 Å². The van der Waals surface area contributed by atoms with Crippen molar-refractivity contribution in [2.24, 2.45) is 5.16 Å². The molecule has 0 bridgehead atoms. The zero-order valence-electron chi connectivity index (χ0n) is 7.87. The second-order valence-electron chi connectivity index (χ2n) is 2.48. The molecule has 0 heterocycles. The molecular formula is C7H12N4O2. The zero-order valence-corrected chi connectivity index (χ0v) is 7.87. The summed E-state index contributed by atoms with van der Waals surface area (Å²) in [5, 5.41) is 14.2. The number of nitrogens with zero attached hydrogens (tertiary/aromatic N) is 3. The van der Waals surface area contributed by atoms with E-state index >= 15 is 0 Å². The molecule has 0 radical (unpaired) electrons. The predicted molar refractivity (Wildman–Crippen MR) is 46.8 cm³/mol. The van der Waals surface area contributed by atoms with Gasteiger partial charge < -0.3 is 10.2 Å². The van der Waals surface area contributed by atoms with Gasteiger partial charge in [-0.2, -0.15) is 5.26 Å². The molecule has 0 unspecified atom stereocenters. The fourth-order valence-electron chi connectivity index (χ4n) is 0.518. The van der Waals surface area contributed by atoms with Gasteiger partial charge in [0.25, 0.3) is 5.91 Å². The highest BCUT2D eigenvalue weighted by Gasteiger charge is 2.10. The van der Waals surface area contributed by atoms with E-state index in [1.165, 1.54) is 7.11 Å². The van der Waals surface area contributed by atoms with Crippen LogP contribution in [0.2, 0.25) is 0 Å². The molecular weight excluding hydrogens is 172 g/mol. The van der Waals surface area contributed by atoms with E-state index in [9.17, 15) is 4.79 Å². The van der Waals surface area contributed by atoms with Gasteiger partial charge in [-0.1, -0.05) is 5.16 Å². The van der Waals surface area contributed by atoms with Crippen molar-refractivity contribution in [2.75, 3.05) is 27.9 Å². The minimum atomic E-state index is -0.543. The van der Waals surface area contributed by atoms with Crippen molar-refractivity contribution in [1.29, 1.82) is 5.26 Å². The monoisotopic (exact) mass is 184 g/mol. The lowest BCUT2D eigenvalue weighted by Crippen LogP contribution is -2.37. The van der Waals surface area contributed by atoms with Gasteiger partial charge in [-0.25, -0.2) is 0 Å². The van der Waals surface area contributed by atoms with Gasteiger partial charge >= 0.3 is 0 Å². The lowest BCUT2D eigenvalue weighted by Gasteiger charge is -2.09. The number of nitriles is 1. The molecule has 0 saturated carbocycles. The summed E-state index contributed by atoms with van der Waals surface area (Å²) in [6, 6.07) is 1.62. The third kappa shape index (κ3) is 4.76. The maximum absolute atomic E-state index is 11.1. The van der Waals surface area contributed by atoms with Crippen molar-refractivity contribution < 1.29 is 9.63 Å². The zero-order chi connectivity index (χ0) is 10.3. The van der Waals surface area contributed by atoms with Crippen molar-refractivity contribution in [3.8, 4) is 6.07 Å². The summed E-state index contributed by atoms with van der Waals surface area (Å²) in [5.74, 6) is -0.543. The Morgan fingerprint density at radius 3 is 2.69 bits per heavy atom. The molecule has 0 aromatic rings. The third-order valence-electron chi connectivity index (χ3n) is 1.06. The first-order valence-corrected chi connectivity index (χ1v) is 3.56. The molecule has 1 N–H and O–H groups in total. The van der Waals surface area contributed by atoms with Gasteiger partial charge in [-0.05, 0) is 14.1 Å². The summed E-state index contributed by atoms with van der Waals surface area (Å²) in [6.45, 7) is 0.350. The first-order chi connectivity index (χ1) is 6.11. The smallest absolute Gasteiger partial charge is 0.285 e. The average Bonchev–Trinajstić information content (AvgIpc) is 2.10.